The standard InChI is InChI=1S/C64H117NO4.C63H115NO4/c1-6-9-12-15-18-21-24-27-30-33-36-39-42-45-48-51-57-64(67,58-52-49-46-43-40-37-34-31-28-25-22-19-16-13-10-7-2)62(56-61-69-63(66)55-54-59-65(4)5)68-60-53-50-47-44-41-38-35-32-29-26-23-20-17-14-11-8-3;1-6-9-12-15-18-21-24-27-30-33-36-39-42-45-48-51-56-63(66,57-52-49-46-43-40-37-34-31-28-25-22-19-16-13-10-7-2)61(55-60-68-62(65)54-58-64(4)5)67-59-53-50-47-44-41-38-35-32-29-26-23-20-17-14-11-8-3/h18-23,27-32,62,67H,6-17,24-26,33-61H2,1-5H3;18-23,27-32,61,66H,6-17,24-26,33-60H2,1-5H3/b2*21-18-,22-19-,23-20-,30-27-,31-28-,32-29-. The summed E-state index contributed by atoms with van der Waals surface area (Å²) in [6.45, 7) is 17.0. The van der Waals surface area contributed by atoms with Gasteiger partial charge < -0.3 is 39.0 Å². The second kappa shape index (κ2) is 114. The second-order valence-corrected chi connectivity index (χ2v) is 40.9. The van der Waals surface area contributed by atoms with E-state index >= 15 is 0 Å². The monoisotopic (exact) mass is 1910 g/mol. The Balaban J connectivity index is 0. The second-order valence-electron chi connectivity index (χ2n) is 40.9. The van der Waals surface area contributed by atoms with Crippen LogP contribution in [0.25, 0.3) is 0 Å². The minimum atomic E-state index is -0.904. The van der Waals surface area contributed by atoms with Gasteiger partial charge in [-0.25, -0.2) is 0 Å². The first-order valence-electron chi connectivity index (χ1n) is 59.4. The molecule has 2 atom stereocenters. The van der Waals surface area contributed by atoms with E-state index in [1.807, 2.05) is 33.1 Å². The van der Waals surface area contributed by atoms with Crippen molar-refractivity contribution in [3.8, 4) is 0 Å². The van der Waals surface area contributed by atoms with E-state index in [9.17, 15) is 19.8 Å². The number of carbonyl (C=O) groups is 2. The van der Waals surface area contributed by atoms with Gasteiger partial charge in [0.25, 0.3) is 0 Å². The fourth-order valence-electron chi connectivity index (χ4n) is 17.8. The molecule has 798 valence electrons. The van der Waals surface area contributed by atoms with E-state index in [0.29, 0.717) is 58.7 Å². The Morgan fingerprint density at radius 2 is 0.401 bits per heavy atom. The molecule has 0 aliphatic rings. The molecule has 0 fully saturated rings. The molecule has 0 radical (unpaired) electrons. The summed E-state index contributed by atoms with van der Waals surface area (Å²) < 4.78 is 24.9. The average Bonchev–Trinajstić information content (AvgIpc) is 0.848. The summed E-state index contributed by atoms with van der Waals surface area (Å²) in [6, 6.07) is 0. The molecule has 10 heteroatoms. The van der Waals surface area contributed by atoms with E-state index in [4.69, 9.17) is 18.9 Å². The predicted octanol–water partition coefficient (Wildman–Crippen LogP) is 38.8. The van der Waals surface area contributed by atoms with Crippen molar-refractivity contribution in [2.24, 2.45) is 0 Å². The van der Waals surface area contributed by atoms with Crippen LogP contribution in [0.4, 0.5) is 0 Å². The van der Waals surface area contributed by atoms with Crippen molar-refractivity contribution >= 4 is 11.9 Å². The lowest BCUT2D eigenvalue weighted by Crippen LogP contribution is -2.45. The molecule has 0 rings (SSSR count). The van der Waals surface area contributed by atoms with Gasteiger partial charge in [0, 0.05) is 39.0 Å². The number of nitrogens with zero attached hydrogens (tertiary/aromatic N) is 2. The molecule has 10 nitrogen and oxygen atoms in total. The first-order valence-corrected chi connectivity index (χ1v) is 59.4. The molecule has 0 saturated carbocycles. The van der Waals surface area contributed by atoms with Crippen molar-refractivity contribution in [3.05, 3.63) is 146 Å². The highest BCUT2D eigenvalue weighted by molar-refractivity contribution is 5.69. The lowest BCUT2D eigenvalue weighted by molar-refractivity contribution is -0.151. The van der Waals surface area contributed by atoms with Crippen LogP contribution >= 0.6 is 0 Å². The van der Waals surface area contributed by atoms with Gasteiger partial charge in [-0.1, -0.05) is 444 Å². The van der Waals surface area contributed by atoms with Gasteiger partial charge in [-0.05, 0) is 272 Å². The lowest BCUT2D eigenvalue weighted by Gasteiger charge is -2.37. The third-order valence-corrected chi connectivity index (χ3v) is 26.8. The van der Waals surface area contributed by atoms with Crippen molar-refractivity contribution in [1.29, 1.82) is 0 Å². The van der Waals surface area contributed by atoms with Crippen LogP contribution in [0.15, 0.2) is 146 Å². The topological polar surface area (TPSA) is 118 Å². The molecular weight excluding hydrogens is 1680 g/mol. The number of allylic oxidation sites excluding steroid dienone is 24. The SMILES string of the molecule is CCCCC/C=C\C/C=C\CCCCCCCCOC(CCOC(=O)CCCN(C)C)C(O)(CCCCCCCC/C=C\C/C=C\CCCCC)CCCCCCCC/C=C\C/C=C\CCCCC.CCCCC/C=C\C/C=C\CCCCCCCCOC(CCOC(=O)CCN(C)C)C(O)(CCCCCCCC/C=C\C/C=C\CCCCC)CCCCCCCC/C=C\C/C=C\CCCCC. The lowest BCUT2D eigenvalue weighted by atomic mass is 9.83. The van der Waals surface area contributed by atoms with Crippen molar-refractivity contribution in [2.75, 3.05) is 67.7 Å². The molecule has 0 aromatic carbocycles. The van der Waals surface area contributed by atoms with Crippen LogP contribution in [-0.4, -0.2) is 123 Å². The highest BCUT2D eigenvalue weighted by Gasteiger charge is 2.38. The fourth-order valence-corrected chi connectivity index (χ4v) is 17.8. The molecule has 0 aliphatic heterocycles. The van der Waals surface area contributed by atoms with Gasteiger partial charge in [-0.3, -0.25) is 9.59 Å². The summed E-state index contributed by atoms with van der Waals surface area (Å²) in [6.07, 6.45) is 149. The highest BCUT2D eigenvalue weighted by atomic mass is 16.5. The number of esters is 2. The normalized spacial score (nSPS) is 13.2. The molecule has 0 aromatic heterocycles. The van der Waals surface area contributed by atoms with Gasteiger partial charge in [-0.2, -0.15) is 0 Å². The van der Waals surface area contributed by atoms with Crippen LogP contribution in [-0.2, 0) is 28.5 Å². The molecule has 0 saturated heterocycles. The zero-order valence-corrected chi connectivity index (χ0v) is 92.8. The molecular formula is C127H232N2O8. The summed E-state index contributed by atoms with van der Waals surface area (Å²) in [5, 5.41) is 25.2. The van der Waals surface area contributed by atoms with E-state index in [1.54, 1.807) is 0 Å². The maximum absolute atomic E-state index is 12.7. The Kier molecular flexibility index (Phi) is 112. The molecule has 0 aromatic rings. The van der Waals surface area contributed by atoms with Gasteiger partial charge in [0.15, 0.2) is 0 Å². The molecule has 0 bridgehead atoms. The van der Waals surface area contributed by atoms with Crippen molar-refractivity contribution in [1.82, 2.24) is 9.80 Å². The Bertz CT molecular complexity index is 2720. The van der Waals surface area contributed by atoms with Crippen LogP contribution in [0.5, 0.6) is 0 Å². The number of hydrogen-bond acceptors (Lipinski definition) is 10. The van der Waals surface area contributed by atoms with Gasteiger partial charge in [0.05, 0.1) is 43.0 Å². The molecule has 2 N–H and O–H groups in total. The van der Waals surface area contributed by atoms with E-state index in [1.165, 1.54) is 347 Å². The third kappa shape index (κ3) is 106. The van der Waals surface area contributed by atoms with Gasteiger partial charge >= 0.3 is 11.9 Å². The number of hydrogen-bond donors (Lipinski definition) is 2. The number of aliphatic hydroxyl groups is 2. The minimum absolute atomic E-state index is 0.139. The summed E-state index contributed by atoms with van der Waals surface area (Å²) in [4.78, 5) is 29.4. The predicted molar refractivity (Wildman–Crippen MR) is 606 cm³/mol. The third-order valence-electron chi connectivity index (χ3n) is 26.8. The Labute approximate surface area is 853 Å². The van der Waals surface area contributed by atoms with Crippen molar-refractivity contribution in [2.45, 2.75) is 585 Å². The molecule has 2 unspecified atom stereocenters. The highest BCUT2D eigenvalue weighted by Crippen LogP contribution is 2.34. The molecule has 0 amide bonds. The Morgan fingerprint density at radius 1 is 0.219 bits per heavy atom. The van der Waals surface area contributed by atoms with Crippen LogP contribution in [0, 0.1) is 0 Å². The van der Waals surface area contributed by atoms with Gasteiger partial charge in [-0.15, -0.1) is 0 Å². The fraction of sp³-hybridized carbons (Fsp3) is 0.795. The van der Waals surface area contributed by atoms with Gasteiger partial charge in [0.1, 0.15) is 0 Å². The summed E-state index contributed by atoms with van der Waals surface area (Å²) >= 11 is 0. The first-order chi connectivity index (χ1) is 67.3. The first kappa shape index (κ1) is 135. The maximum atomic E-state index is 12.7. The van der Waals surface area contributed by atoms with E-state index in [2.05, 4.69) is 192 Å². The zero-order chi connectivity index (χ0) is 99.8. The Morgan fingerprint density at radius 3 is 0.606 bits per heavy atom. The summed E-state index contributed by atoms with van der Waals surface area (Å²) in [7, 11) is 8.03. The van der Waals surface area contributed by atoms with Crippen LogP contribution in [0.3, 0.4) is 0 Å². The molecule has 0 heterocycles. The number of rotatable bonds is 107. The molecule has 0 spiro atoms. The number of unbranched alkanes of at least 4 members (excludes halogenated alkanes) is 54. The van der Waals surface area contributed by atoms with Crippen LogP contribution < -0.4 is 0 Å². The zero-order valence-electron chi connectivity index (χ0n) is 92.8. The van der Waals surface area contributed by atoms with Crippen molar-refractivity contribution in [3.63, 3.8) is 0 Å². The van der Waals surface area contributed by atoms with Crippen LogP contribution in [0.2, 0.25) is 0 Å². The van der Waals surface area contributed by atoms with E-state index in [0.717, 1.165) is 154 Å². The van der Waals surface area contributed by atoms with Crippen LogP contribution in [0.1, 0.15) is 562 Å². The average molecular weight is 1920 g/mol. The summed E-state index contributed by atoms with van der Waals surface area (Å²) in [5.74, 6) is -0.305. The largest absolute Gasteiger partial charge is 0.466 e. The number of carbonyl (C=O) groups excluding carboxylic acids is 2. The minimum Gasteiger partial charge on any atom is -0.466 e. The number of ether oxygens (including phenoxy) is 4. The molecule has 0 aliphatic carbocycles. The summed E-state index contributed by atoms with van der Waals surface area (Å²) in [5.41, 5.74) is -1.81. The molecule has 137 heavy (non-hydrogen) atoms. The quantitative estimate of drug-likeness (QED) is 0.0346. The Hall–Kier alpha value is -4.42. The smallest absolute Gasteiger partial charge is 0.307 e. The van der Waals surface area contributed by atoms with Gasteiger partial charge in [0.2, 0.25) is 0 Å². The maximum Gasteiger partial charge on any atom is 0.307 e. The van der Waals surface area contributed by atoms with E-state index < -0.39 is 11.2 Å². The van der Waals surface area contributed by atoms with E-state index in [-0.39, 0.29) is 24.1 Å². The van der Waals surface area contributed by atoms with Crippen molar-refractivity contribution < 1.29 is 38.7 Å².